The molecular weight excluding hydrogens is 345 g/mol. The molecule has 8 heteroatoms. The van der Waals surface area contributed by atoms with E-state index in [4.69, 9.17) is 4.74 Å². The van der Waals surface area contributed by atoms with Crippen LogP contribution >= 0.6 is 0 Å². The summed E-state index contributed by atoms with van der Waals surface area (Å²) in [6.45, 7) is 3.41. The standard InChI is InChI=1S/C17H22F5NO2/c1-16(2,3)23-9-14(8-12(23)10-24-15(18)19)25-13-6-4-11(5-7-13)17(20,21)22/h4-7,12,14-15H,8-10H2,1-3H3/t12-,14-/m0/s1. The molecule has 1 aliphatic rings. The number of alkyl halides is 5. The summed E-state index contributed by atoms with van der Waals surface area (Å²) in [6, 6.07) is 4.22. The van der Waals surface area contributed by atoms with Crippen molar-refractivity contribution in [2.45, 2.75) is 57.7 Å². The van der Waals surface area contributed by atoms with Crippen LogP contribution in [0.1, 0.15) is 32.8 Å². The quantitative estimate of drug-likeness (QED) is 0.712. The van der Waals surface area contributed by atoms with Gasteiger partial charge in [-0.25, -0.2) is 0 Å². The van der Waals surface area contributed by atoms with Gasteiger partial charge in [0.1, 0.15) is 11.9 Å². The van der Waals surface area contributed by atoms with Gasteiger partial charge in [-0.15, -0.1) is 0 Å². The number of halogens is 5. The third-order valence-corrected chi connectivity index (χ3v) is 4.14. The lowest BCUT2D eigenvalue weighted by Crippen LogP contribution is -2.46. The Morgan fingerprint density at radius 3 is 2.20 bits per heavy atom. The van der Waals surface area contributed by atoms with E-state index in [2.05, 4.69) is 4.74 Å². The largest absolute Gasteiger partial charge is 0.489 e. The molecule has 0 aliphatic carbocycles. The second kappa shape index (κ2) is 7.45. The minimum Gasteiger partial charge on any atom is -0.489 e. The summed E-state index contributed by atoms with van der Waals surface area (Å²) in [5.74, 6) is 0.322. The van der Waals surface area contributed by atoms with Gasteiger partial charge >= 0.3 is 12.8 Å². The highest BCUT2D eigenvalue weighted by atomic mass is 19.4. The topological polar surface area (TPSA) is 21.7 Å². The predicted octanol–water partition coefficient (Wildman–Crippen LogP) is 4.56. The van der Waals surface area contributed by atoms with Gasteiger partial charge < -0.3 is 9.47 Å². The number of nitrogens with zero attached hydrogens (tertiary/aromatic N) is 1. The minimum absolute atomic E-state index is 0.123. The van der Waals surface area contributed by atoms with Gasteiger partial charge in [0.2, 0.25) is 0 Å². The minimum atomic E-state index is -4.40. The van der Waals surface area contributed by atoms with Gasteiger partial charge in [-0.2, -0.15) is 22.0 Å². The normalized spacial score (nSPS) is 22.6. The molecule has 0 aromatic heterocycles. The molecule has 2 atom stereocenters. The van der Waals surface area contributed by atoms with Crippen LogP contribution in [0.3, 0.4) is 0 Å². The van der Waals surface area contributed by atoms with Crippen LogP contribution in [0.5, 0.6) is 5.75 Å². The number of rotatable bonds is 5. The summed E-state index contributed by atoms with van der Waals surface area (Å²) < 4.78 is 72.6. The van der Waals surface area contributed by atoms with Crippen molar-refractivity contribution in [1.82, 2.24) is 4.90 Å². The van der Waals surface area contributed by atoms with Crippen molar-refractivity contribution in [2.75, 3.05) is 13.2 Å². The molecule has 1 aromatic rings. The van der Waals surface area contributed by atoms with Crippen molar-refractivity contribution in [2.24, 2.45) is 0 Å². The number of hydrogen-bond donors (Lipinski definition) is 0. The second-order valence-electron chi connectivity index (χ2n) is 7.07. The Hall–Kier alpha value is -1.41. The lowest BCUT2D eigenvalue weighted by atomic mass is 10.1. The Labute approximate surface area is 143 Å². The van der Waals surface area contributed by atoms with Crippen LogP contribution in [0.15, 0.2) is 24.3 Å². The zero-order valence-electron chi connectivity index (χ0n) is 14.3. The van der Waals surface area contributed by atoms with E-state index in [0.717, 1.165) is 12.1 Å². The fourth-order valence-electron chi connectivity index (χ4n) is 3.04. The third kappa shape index (κ3) is 5.54. The fourth-order valence-corrected chi connectivity index (χ4v) is 3.04. The molecule has 1 saturated heterocycles. The van der Waals surface area contributed by atoms with Gasteiger partial charge in [0, 0.05) is 24.5 Å². The molecule has 0 spiro atoms. The molecule has 1 fully saturated rings. The average Bonchev–Trinajstić information content (AvgIpc) is 2.88. The van der Waals surface area contributed by atoms with Crippen molar-refractivity contribution in [3.63, 3.8) is 0 Å². The Morgan fingerprint density at radius 1 is 1.12 bits per heavy atom. The molecule has 1 aliphatic heterocycles. The molecule has 1 aromatic carbocycles. The Balaban J connectivity index is 2.02. The first kappa shape index (κ1) is 19.9. The van der Waals surface area contributed by atoms with E-state index in [-0.39, 0.29) is 24.3 Å². The van der Waals surface area contributed by atoms with Crippen LogP contribution in [-0.2, 0) is 10.9 Å². The molecule has 0 saturated carbocycles. The number of hydrogen-bond acceptors (Lipinski definition) is 3. The Kier molecular flexibility index (Phi) is 5.93. The molecular formula is C17H22F5NO2. The van der Waals surface area contributed by atoms with Gasteiger partial charge in [0.15, 0.2) is 0 Å². The SMILES string of the molecule is CC(C)(C)N1C[C@@H](Oc2ccc(C(F)(F)F)cc2)C[C@H]1COC(F)F. The molecule has 0 N–H and O–H groups in total. The van der Waals surface area contributed by atoms with E-state index in [1.165, 1.54) is 12.1 Å². The first-order valence-electron chi connectivity index (χ1n) is 7.97. The van der Waals surface area contributed by atoms with Crippen molar-refractivity contribution in [3.05, 3.63) is 29.8 Å². The van der Waals surface area contributed by atoms with Gasteiger partial charge in [-0.1, -0.05) is 0 Å². The monoisotopic (exact) mass is 367 g/mol. The molecule has 0 bridgehead atoms. The van der Waals surface area contributed by atoms with Gasteiger partial charge in [-0.3, -0.25) is 4.90 Å². The van der Waals surface area contributed by atoms with E-state index in [1.54, 1.807) is 0 Å². The van der Waals surface area contributed by atoms with Crippen LogP contribution in [0.4, 0.5) is 22.0 Å². The molecule has 0 unspecified atom stereocenters. The van der Waals surface area contributed by atoms with Crippen molar-refractivity contribution in [1.29, 1.82) is 0 Å². The fraction of sp³-hybridized carbons (Fsp3) is 0.647. The van der Waals surface area contributed by atoms with Crippen LogP contribution in [0, 0.1) is 0 Å². The van der Waals surface area contributed by atoms with Gasteiger partial charge in [-0.05, 0) is 45.0 Å². The van der Waals surface area contributed by atoms with Crippen molar-refractivity contribution in [3.8, 4) is 5.75 Å². The van der Waals surface area contributed by atoms with Crippen LogP contribution < -0.4 is 4.74 Å². The van der Waals surface area contributed by atoms with E-state index >= 15 is 0 Å². The zero-order valence-corrected chi connectivity index (χ0v) is 14.3. The first-order valence-corrected chi connectivity index (χ1v) is 7.97. The Bertz CT molecular complexity index is 554. The molecule has 142 valence electrons. The van der Waals surface area contributed by atoms with Crippen LogP contribution in [0.2, 0.25) is 0 Å². The summed E-state index contributed by atoms with van der Waals surface area (Å²) in [5, 5.41) is 0. The lowest BCUT2D eigenvalue weighted by Gasteiger charge is -2.36. The highest BCUT2D eigenvalue weighted by molar-refractivity contribution is 5.29. The van der Waals surface area contributed by atoms with Gasteiger partial charge in [0.25, 0.3) is 0 Å². The smallest absolute Gasteiger partial charge is 0.416 e. The van der Waals surface area contributed by atoms with Crippen molar-refractivity contribution >= 4 is 0 Å². The summed E-state index contributed by atoms with van der Waals surface area (Å²) >= 11 is 0. The molecule has 2 rings (SSSR count). The lowest BCUT2D eigenvalue weighted by molar-refractivity contribution is -0.142. The summed E-state index contributed by atoms with van der Waals surface area (Å²) in [7, 11) is 0. The summed E-state index contributed by atoms with van der Waals surface area (Å²) in [6.07, 6.45) is -4.24. The number of ether oxygens (including phenoxy) is 2. The van der Waals surface area contributed by atoms with Crippen molar-refractivity contribution < 1.29 is 31.4 Å². The summed E-state index contributed by atoms with van der Waals surface area (Å²) in [4.78, 5) is 2.02. The highest BCUT2D eigenvalue weighted by Gasteiger charge is 2.40. The maximum absolute atomic E-state index is 12.6. The highest BCUT2D eigenvalue weighted by Crippen LogP contribution is 2.32. The molecule has 0 amide bonds. The number of benzene rings is 1. The number of likely N-dealkylation sites (tertiary alicyclic amines) is 1. The molecule has 0 radical (unpaired) electrons. The molecule has 3 nitrogen and oxygen atoms in total. The molecule has 25 heavy (non-hydrogen) atoms. The second-order valence-corrected chi connectivity index (χ2v) is 7.07. The predicted molar refractivity (Wildman–Crippen MR) is 82.7 cm³/mol. The zero-order chi connectivity index (χ0) is 18.8. The van der Waals surface area contributed by atoms with E-state index in [9.17, 15) is 22.0 Å². The van der Waals surface area contributed by atoms with Crippen LogP contribution in [0.25, 0.3) is 0 Å². The van der Waals surface area contributed by atoms with E-state index in [1.807, 2.05) is 25.7 Å². The van der Waals surface area contributed by atoms with E-state index < -0.39 is 18.4 Å². The maximum Gasteiger partial charge on any atom is 0.416 e. The first-order chi connectivity index (χ1) is 11.5. The average molecular weight is 367 g/mol. The third-order valence-electron chi connectivity index (χ3n) is 4.14. The van der Waals surface area contributed by atoms with Gasteiger partial charge in [0.05, 0.1) is 12.2 Å². The van der Waals surface area contributed by atoms with E-state index in [0.29, 0.717) is 18.7 Å². The Morgan fingerprint density at radius 2 is 1.72 bits per heavy atom. The molecule has 1 heterocycles. The van der Waals surface area contributed by atoms with Crippen LogP contribution in [-0.4, -0.2) is 42.3 Å². The maximum atomic E-state index is 12.6. The summed E-state index contributed by atoms with van der Waals surface area (Å²) in [5.41, 5.74) is -1.01.